The fourth-order valence-corrected chi connectivity index (χ4v) is 1.85. The first-order valence-corrected chi connectivity index (χ1v) is 6.63. The Balaban J connectivity index is 2.02. The predicted molar refractivity (Wildman–Crippen MR) is 84.5 cm³/mol. The average molecular weight is 302 g/mol. The number of carbonyl (C=O) groups excluding carboxylic acids is 1. The van der Waals surface area contributed by atoms with Crippen LogP contribution in [0.1, 0.15) is 0 Å². The van der Waals surface area contributed by atoms with E-state index in [1.54, 1.807) is 24.3 Å². The number of carbonyl (C=O) groups is 1. The molecule has 0 aliphatic rings. The number of ether oxygens (including phenoxy) is 3. The summed E-state index contributed by atoms with van der Waals surface area (Å²) in [4.78, 5) is 11.9. The number of rotatable bonds is 6. The monoisotopic (exact) mass is 302 g/mol. The summed E-state index contributed by atoms with van der Waals surface area (Å²) in [5.74, 6) is 1.29. The molecule has 0 aliphatic heterocycles. The molecule has 0 saturated heterocycles. The Kier molecular flexibility index (Phi) is 5.08. The van der Waals surface area contributed by atoms with Crippen molar-refractivity contribution in [2.45, 2.75) is 0 Å². The number of nitrogen functional groups attached to an aromatic ring is 1. The maximum atomic E-state index is 11.9. The summed E-state index contributed by atoms with van der Waals surface area (Å²) < 4.78 is 15.7. The molecule has 0 spiro atoms. The first-order chi connectivity index (χ1) is 10.6. The van der Waals surface area contributed by atoms with E-state index in [-0.39, 0.29) is 12.5 Å². The molecule has 0 fully saturated rings. The molecule has 6 nitrogen and oxygen atoms in total. The minimum absolute atomic E-state index is 0.113. The summed E-state index contributed by atoms with van der Waals surface area (Å²) >= 11 is 0. The highest BCUT2D eigenvalue weighted by Crippen LogP contribution is 2.34. The molecule has 0 radical (unpaired) electrons. The highest BCUT2D eigenvalue weighted by molar-refractivity contribution is 5.95. The fraction of sp³-hybridized carbons (Fsp3) is 0.188. The van der Waals surface area contributed by atoms with Gasteiger partial charge in [-0.25, -0.2) is 0 Å². The lowest BCUT2D eigenvalue weighted by Crippen LogP contribution is -2.20. The quantitative estimate of drug-likeness (QED) is 0.800. The molecular formula is C16H18N2O4. The van der Waals surface area contributed by atoms with Gasteiger partial charge in [0.05, 0.1) is 25.6 Å². The molecule has 2 rings (SSSR count). The van der Waals surface area contributed by atoms with Gasteiger partial charge in [0.15, 0.2) is 18.1 Å². The van der Waals surface area contributed by atoms with Crippen LogP contribution >= 0.6 is 0 Å². The van der Waals surface area contributed by atoms with Crippen molar-refractivity contribution in [3.05, 3.63) is 42.5 Å². The number of hydrogen-bond donors (Lipinski definition) is 2. The lowest BCUT2D eigenvalue weighted by Gasteiger charge is -2.13. The van der Waals surface area contributed by atoms with Crippen molar-refractivity contribution in [2.75, 3.05) is 31.9 Å². The van der Waals surface area contributed by atoms with Crippen LogP contribution in [0.25, 0.3) is 0 Å². The van der Waals surface area contributed by atoms with Crippen molar-refractivity contribution in [2.24, 2.45) is 0 Å². The minimum atomic E-state index is -0.317. The number of methoxy groups -OCH3 is 2. The average Bonchev–Trinajstić information content (AvgIpc) is 2.55. The Morgan fingerprint density at radius 2 is 1.73 bits per heavy atom. The van der Waals surface area contributed by atoms with Crippen molar-refractivity contribution in [3.8, 4) is 17.2 Å². The van der Waals surface area contributed by atoms with Crippen molar-refractivity contribution >= 4 is 17.3 Å². The highest BCUT2D eigenvalue weighted by Gasteiger charge is 2.12. The first-order valence-electron chi connectivity index (χ1n) is 6.63. The summed E-state index contributed by atoms with van der Waals surface area (Å²) in [5, 5.41) is 2.68. The molecule has 0 atom stereocenters. The number of benzene rings is 2. The SMILES string of the molecule is COc1cc(N)c(NC(=O)COc2ccccc2)cc1OC. The molecule has 0 bridgehead atoms. The maximum absolute atomic E-state index is 11.9. The van der Waals surface area contributed by atoms with Crippen LogP contribution in [-0.4, -0.2) is 26.7 Å². The second-order valence-electron chi connectivity index (χ2n) is 4.44. The summed E-state index contributed by atoms with van der Waals surface area (Å²) in [6.45, 7) is -0.113. The van der Waals surface area contributed by atoms with Gasteiger partial charge in [-0.1, -0.05) is 18.2 Å². The molecule has 0 saturated carbocycles. The third kappa shape index (κ3) is 3.82. The summed E-state index contributed by atoms with van der Waals surface area (Å²) in [6.07, 6.45) is 0. The molecule has 3 N–H and O–H groups in total. The van der Waals surface area contributed by atoms with E-state index in [1.807, 2.05) is 18.2 Å². The molecule has 2 aromatic carbocycles. The summed E-state index contributed by atoms with van der Waals surface area (Å²) in [7, 11) is 3.03. The highest BCUT2D eigenvalue weighted by atomic mass is 16.5. The van der Waals surface area contributed by atoms with Crippen LogP contribution in [0.2, 0.25) is 0 Å². The molecular weight excluding hydrogens is 284 g/mol. The lowest BCUT2D eigenvalue weighted by molar-refractivity contribution is -0.118. The van der Waals surface area contributed by atoms with E-state index in [1.165, 1.54) is 14.2 Å². The fourth-order valence-electron chi connectivity index (χ4n) is 1.85. The van der Waals surface area contributed by atoms with E-state index in [4.69, 9.17) is 19.9 Å². The zero-order valence-corrected chi connectivity index (χ0v) is 12.5. The number of hydrogen-bond acceptors (Lipinski definition) is 5. The Bertz CT molecular complexity index is 644. The topological polar surface area (TPSA) is 82.8 Å². The van der Waals surface area contributed by atoms with Crippen LogP contribution in [0.15, 0.2) is 42.5 Å². The number of amides is 1. The molecule has 1 amide bonds. The van der Waals surface area contributed by atoms with Crippen molar-refractivity contribution in [1.82, 2.24) is 0 Å². The van der Waals surface area contributed by atoms with E-state index < -0.39 is 0 Å². The Labute approximate surface area is 128 Å². The maximum Gasteiger partial charge on any atom is 0.262 e. The molecule has 116 valence electrons. The van der Waals surface area contributed by atoms with E-state index in [2.05, 4.69) is 5.32 Å². The van der Waals surface area contributed by atoms with Gasteiger partial charge >= 0.3 is 0 Å². The number of nitrogens with two attached hydrogens (primary N) is 1. The zero-order valence-electron chi connectivity index (χ0n) is 12.5. The Morgan fingerprint density at radius 1 is 1.09 bits per heavy atom. The zero-order chi connectivity index (χ0) is 15.9. The largest absolute Gasteiger partial charge is 0.493 e. The van der Waals surface area contributed by atoms with Gasteiger partial charge < -0.3 is 25.3 Å². The Morgan fingerprint density at radius 3 is 2.36 bits per heavy atom. The minimum Gasteiger partial charge on any atom is -0.493 e. The van der Waals surface area contributed by atoms with Crippen LogP contribution in [-0.2, 0) is 4.79 Å². The molecule has 22 heavy (non-hydrogen) atoms. The van der Waals surface area contributed by atoms with Crippen LogP contribution in [0.3, 0.4) is 0 Å². The first kappa shape index (κ1) is 15.5. The normalized spacial score (nSPS) is 9.91. The van der Waals surface area contributed by atoms with Gasteiger partial charge in [0.25, 0.3) is 5.91 Å². The molecule has 2 aromatic rings. The second kappa shape index (κ2) is 7.21. The van der Waals surface area contributed by atoms with Crippen LogP contribution in [0, 0.1) is 0 Å². The van der Waals surface area contributed by atoms with E-state index >= 15 is 0 Å². The van der Waals surface area contributed by atoms with Crippen LogP contribution in [0.4, 0.5) is 11.4 Å². The Hall–Kier alpha value is -2.89. The van der Waals surface area contributed by atoms with Crippen molar-refractivity contribution in [1.29, 1.82) is 0 Å². The summed E-state index contributed by atoms with van der Waals surface area (Å²) in [5.41, 5.74) is 6.71. The van der Waals surface area contributed by atoms with Crippen molar-refractivity contribution in [3.63, 3.8) is 0 Å². The number of para-hydroxylation sites is 1. The van der Waals surface area contributed by atoms with Crippen molar-refractivity contribution < 1.29 is 19.0 Å². The van der Waals surface area contributed by atoms with E-state index in [0.717, 1.165) is 0 Å². The van der Waals surface area contributed by atoms with Gasteiger partial charge in [-0.05, 0) is 12.1 Å². The molecule has 0 heterocycles. The van der Waals surface area contributed by atoms with Gasteiger partial charge in [0.2, 0.25) is 0 Å². The van der Waals surface area contributed by atoms with E-state index in [9.17, 15) is 4.79 Å². The molecule has 0 unspecified atom stereocenters. The lowest BCUT2D eigenvalue weighted by atomic mass is 10.2. The summed E-state index contributed by atoms with van der Waals surface area (Å²) in [6, 6.07) is 12.3. The third-order valence-corrected chi connectivity index (χ3v) is 2.94. The van der Waals surface area contributed by atoms with Gasteiger partial charge in [-0.2, -0.15) is 0 Å². The van der Waals surface area contributed by atoms with Gasteiger partial charge in [0, 0.05) is 12.1 Å². The van der Waals surface area contributed by atoms with Gasteiger partial charge in [-0.3, -0.25) is 4.79 Å². The van der Waals surface area contributed by atoms with Crippen LogP contribution in [0.5, 0.6) is 17.2 Å². The van der Waals surface area contributed by atoms with Gasteiger partial charge in [0.1, 0.15) is 5.75 Å². The predicted octanol–water partition coefficient (Wildman–Crippen LogP) is 2.30. The van der Waals surface area contributed by atoms with Gasteiger partial charge in [-0.15, -0.1) is 0 Å². The number of anilines is 2. The molecule has 0 aliphatic carbocycles. The smallest absolute Gasteiger partial charge is 0.262 e. The second-order valence-corrected chi connectivity index (χ2v) is 4.44. The molecule has 0 aromatic heterocycles. The standard InChI is InChI=1S/C16H18N2O4/c1-20-14-8-12(17)13(9-15(14)21-2)18-16(19)10-22-11-6-4-3-5-7-11/h3-9H,10,17H2,1-2H3,(H,18,19). The number of nitrogens with one attached hydrogen (secondary N) is 1. The van der Waals surface area contributed by atoms with Crippen LogP contribution < -0.4 is 25.3 Å². The third-order valence-electron chi connectivity index (χ3n) is 2.94. The molecule has 6 heteroatoms. The van der Waals surface area contributed by atoms with E-state index in [0.29, 0.717) is 28.6 Å².